The van der Waals surface area contributed by atoms with Crippen LogP contribution in [-0.4, -0.2) is 29.9 Å². The van der Waals surface area contributed by atoms with Gasteiger partial charge in [0.25, 0.3) is 5.91 Å². The van der Waals surface area contributed by atoms with Crippen LogP contribution in [0.1, 0.15) is 51.5 Å². The molecule has 136 valence electrons. The second-order valence-corrected chi connectivity index (χ2v) is 6.93. The van der Waals surface area contributed by atoms with Crippen LogP contribution in [0.25, 0.3) is 0 Å². The maximum Gasteiger partial charge on any atom is 0.328 e. The fourth-order valence-electron chi connectivity index (χ4n) is 3.83. The number of hydrogen-bond donors (Lipinski definition) is 0. The molecule has 0 radical (unpaired) electrons. The van der Waals surface area contributed by atoms with Crippen molar-refractivity contribution >= 4 is 11.9 Å². The highest BCUT2D eigenvalue weighted by molar-refractivity contribution is 5.97. The first-order valence-electron chi connectivity index (χ1n) is 8.98. The molecule has 0 spiro atoms. The Morgan fingerprint density at radius 3 is 2.31 bits per heavy atom. The normalized spacial score (nSPS) is 19.5. The lowest BCUT2D eigenvalue weighted by Gasteiger charge is -2.31. The number of benzene rings is 2. The molecule has 3 rings (SSSR count). The lowest BCUT2D eigenvalue weighted by atomic mass is 9.93. The van der Waals surface area contributed by atoms with Gasteiger partial charge in [-0.3, -0.25) is 4.79 Å². The fraction of sp³-hybridized carbons (Fsp3) is 0.364. The van der Waals surface area contributed by atoms with Crippen molar-refractivity contribution in [3.63, 3.8) is 0 Å². The highest BCUT2D eigenvalue weighted by Gasteiger charge is 2.43. The van der Waals surface area contributed by atoms with Crippen molar-refractivity contribution in [2.45, 2.75) is 45.7 Å². The molecular formula is C22H25NO3. The van der Waals surface area contributed by atoms with Crippen LogP contribution in [-0.2, 0) is 9.53 Å². The minimum Gasteiger partial charge on any atom is -0.467 e. The van der Waals surface area contributed by atoms with E-state index in [2.05, 4.69) is 32.9 Å². The van der Waals surface area contributed by atoms with Crippen molar-refractivity contribution in [2.24, 2.45) is 0 Å². The molecule has 2 atom stereocenters. The van der Waals surface area contributed by atoms with Gasteiger partial charge in [0.2, 0.25) is 0 Å². The second-order valence-electron chi connectivity index (χ2n) is 6.93. The lowest BCUT2D eigenvalue weighted by molar-refractivity contribution is -0.145. The number of nitrogens with zero attached hydrogens (tertiary/aromatic N) is 1. The summed E-state index contributed by atoms with van der Waals surface area (Å²) in [5.41, 5.74) is 5.36. The van der Waals surface area contributed by atoms with E-state index in [1.165, 1.54) is 23.8 Å². The SMILES string of the molecule is COC(=O)[C@@H]1CCC(c2ccc(C)c(C)c2C)N1C(=O)c1ccccc1. The van der Waals surface area contributed by atoms with Gasteiger partial charge in [0.1, 0.15) is 6.04 Å². The average molecular weight is 351 g/mol. The molecule has 0 bridgehead atoms. The highest BCUT2D eigenvalue weighted by atomic mass is 16.5. The molecule has 26 heavy (non-hydrogen) atoms. The summed E-state index contributed by atoms with van der Waals surface area (Å²) in [5, 5.41) is 0. The molecule has 4 nitrogen and oxygen atoms in total. The minimum atomic E-state index is -0.543. The van der Waals surface area contributed by atoms with E-state index in [4.69, 9.17) is 4.74 Å². The van der Waals surface area contributed by atoms with Gasteiger partial charge in [0.15, 0.2) is 0 Å². The van der Waals surface area contributed by atoms with E-state index in [1.54, 1.807) is 17.0 Å². The largest absolute Gasteiger partial charge is 0.467 e. The maximum absolute atomic E-state index is 13.2. The Morgan fingerprint density at radius 2 is 1.65 bits per heavy atom. The smallest absolute Gasteiger partial charge is 0.328 e. The van der Waals surface area contributed by atoms with Crippen molar-refractivity contribution in [1.82, 2.24) is 4.90 Å². The zero-order valence-corrected chi connectivity index (χ0v) is 15.8. The van der Waals surface area contributed by atoms with Crippen molar-refractivity contribution in [3.05, 3.63) is 70.3 Å². The monoisotopic (exact) mass is 351 g/mol. The molecule has 1 aliphatic heterocycles. The summed E-state index contributed by atoms with van der Waals surface area (Å²) in [5.74, 6) is -0.473. The fourth-order valence-corrected chi connectivity index (χ4v) is 3.83. The summed E-state index contributed by atoms with van der Waals surface area (Å²) < 4.78 is 4.97. The first kappa shape index (κ1) is 18.2. The topological polar surface area (TPSA) is 46.6 Å². The summed E-state index contributed by atoms with van der Waals surface area (Å²) >= 11 is 0. The zero-order valence-electron chi connectivity index (χ0n) is 15.8. The summed E-state index contributed by atoms with van der Waals surface area (Å²) in [6, 6.07) is 12.7. The van der Waals surface area contributed by atoms with Gasteiger partial charge in [-0.25, -0.2) is 4.79 Å². The first-order chi connectivity index (χ1) is 12.5. The van der Waals surface area contributed by atoms with E-state index in [-0.39, 0.29) is 17.9 Å². The van der Waals surface area contributed by atoms with Crippen LogP contribution >= 0.6 is 0 Å². The van der Waals surface area contributed by atoms with Gasteiger partial charge in [0, 0.05) is 5.56 Å². The first-order valence-corrected chi connectivity index (χ1v) is 8.98. The van der Waals surface area contributed by atoms with Crippen LogP contribution in [0.2, 0.25) is 0 Å². The van der Waals surface area contributed by atoms with E-state index < -0.39 is 6.04 Å². The van der Waals surface area contributed by atoms with Gasteiger partial charge < -0.3 is 9.64 Å². The van der Waals surface area contributed by atoms with E-state index in [0.717, 1.165) is 12.0 Å². The number of likely N-dealkylation sites (tertiary alicyclic amines) is 1. The number of carbonyl (C=O) groups excluding carboxylic acids is 2. The van der Waals surface area contributed by atoms with Gasteiger partial charge >= 0.3 is 5.97 Å². The molecule has 0 saturated carbocycles. The summed E-state index contributed by atoms with van der Waals surface area (Å²) in [4.78, 5) is 27.3. The molecule has 1 amide bonds. The van der Waals surface area contributed by atoms with E-state index in [1.807, 2.05) is 18.2 Å². The Kier molecular flexibility index (Phi) is 5.12. The van der Waals surface area contributed by atoms with Crippen molar-refractivity contribution < 1.29 is 14.3 Å². The lowest BCUT2D eigenvalue weighted by Crippen LogP contribution is -2.42. The molecule has 1 saturated heterocycles. The molecule has 1 fully saturated rings. The number of aryl methyl sites for hydroxylation is 1. The van der Waals surface area contributed by atoms with Crippen molar-refractivity contribution in [2.75, 3.05) is 7.11 Å². The highest BCUT2D eigenvalue weighted by Crippen LogP contribution is 2.40. The number of methoxy groups -OCH3 is 1. The number of carbonyl (C=O) groups is 2. The average Bonchev–Trinajstić information content (AvgIpc) is 3.10. The van der Waals surface area contributed by atoms with Crippen molar-refractivity contribution in [1.29, 1.82) is 0 Å². The van der Waals surface area contributed by atoms with Crippen LogP contribution in [0, 0.1) is 20.8 Å². The third-order valence-corrected chi connectivity index (χ3v) is 5.57. The molecule has 2 aromatic rings. The standard InChI is InChI=1S/C22H25NO3/c1-14-10-11-18(16(3)15(14)2)19-12-13-20(22(25)26-4)23(19)21(24)17-8-6-5-7-9-17/h5-11,19-20H,12-13H2,1-4H3/t19?,20-/m0/s1. The molecule has 1 heterocycles. The second kappa shape index (κ2) is 7.32. The van der Waals surface area contributed by atoms with E-state index in [0.29, 0.717) is 12.0 Å². The number of rotatable bonds is 3. The number of ether oxygens (including phenoxy) is 1. The number of esters is 1. The number of amides is 1. The van der Waals surface area contributed by atoms with Crippen LogP contribution in [0.5, 0.6) is 0 Å². The molecular weight excluding hydrogens is 326 g/mol. The molecule has 0 aliphatic carbocycles. The van der Waals surface area contributed by atoms with Crippen LogP contribution in [0.3, 0.4) is 0 Å². The maximum atomic E-state index is 13.2. The van der Waals surface area contributed by atoms with E-state index >= 15 is 0 Å². The Labute approximate surface area is 154 Å². The quantitative estimate of drug-likeness (QED) is 0.781. The van der Waals surface area contributed by atoms with Crippen molar-refractivity contribution in [3.8, 4) is 0 Å². The Balaban J connectivity index is 2.05. The minimum absolute atomic E-state index is 0.119. The number of hydrogen-bond acceptors (Lipinski definition) is 3. The molecule has 4 heteroatoms. The Morgan fingerprint density at radius 1 is 0.962 bits per heavy atom. The molecule has 1 unspecified atom stereocenters. The van der Waals surface area contributed by atoms with Gasteiger partial charge in [-0.2, -0.15) is 0 Å². The summed E-state index contributed by atoms with van der Waals surface area (Å²) in [7, 11) is 1.38. The van der Waals surface area contributed by atoms with Crippen LogP contribution in [0.15, 0.2) is 42.5 Å². The van der Waals surface area contributed by atoms with Gasteiger partial charge in [-0.1, -0.05) is 30.3 Å². The van der Waals surface area contributed by atoms with E-state index in [9.17, 15) is 9.59 Å². The Hall–Kier alpha value is -2.62. The third-order valence-electron chi connectivity index (χ3n) is 5.57. The van der Waals surface area contributed by atoms with Gasteiger partial charge in [0.05, 0.1) is 13.2 Å². The summed E-state index contributed by atoms with van der Waals surface area (Å²) in [6.07, 6.45) is 1.37. The predicted molar refractivity (Wildman–Crippen MR) is 101 cm³/mol. The molecule has 0 N–H and O–H groups in total. The van der Waals surface area contributed by atoms with Gasteiger partial charge in [-0.15, -0.1) is 0 Å². The molecule has 1 aliphatic rings. The summed E-state index contributed by atoms with van der Waals surface area (Å²) in [6.45, 7) is 6.28. The third kappa shape index (κ3) is 3.12. The van der Waals surface area contributed by atoms with Crippen LogP contribution < -0.4 is 0 Å². The molecule has 0 aromatic heterocycles. The zero-order chi connectivity index (χ0) is 18.8. The Bertz CT molecular complexity index is 829. The predicted octanol–water partition coefficient (Wildman–Crippen LogP) is 4.13. The molecule has 2 aromatic carbocycles. The van der Waals surface area contributed by atoms with Gasteiger partial charge in [-0.05, 0) is 68.0 Å². The van der Waals surface area contributed by atoms with Crippen LogP contribution in [0.4, 0.5) is 0 Å².